The molecule has 0 atom stereocenters. The Bertz CT molecular complexity index is 508. The zero-order valence-corrected chi connectivity index (χ0v) is 13.8. The van der Waals surface area contributed by atoms with Crippen molar-refractivity contribution in [2.45, 2.75) is 45.6 Å². The first-order chi connectivity index (χ1) is 10.6. The molecule has 0 aliphatic heterocycles. The minimum atomic E-state index is -0.222. The molecule has 2 rings (SSSR count). The Morgan fingerprint density at radius 3 is 2.36 bits per heavy atom. The van der Waals surface area contributed by atoms with Crippen LogP contribution >= 0.6 is 0 Å². The average Bonchev–Trinajstić information content (AvgIpc) is 2.54. The molecule has 3 nitrogen and oxygen atoms in total. The van der Waals surface area contributed by atoms with E-state index in [4.69, 9.17) is 9.47 Å². The molecule has 22 heavy (non-hydrogen) atoms. The third-order valence-corrected chi connectivity index (χ3v) is 4.31. The van der Waals surface area contributed by atoms with Gasteiger partial charge in [-0.05, 0) is 51.0 Å². The molecule has 0 heterocycles. The van der Waals surface area contributed by atoms with Crippen molar-refractivity contribution in [3.8, 4) is 0 Å². The summed E-state index contributed by atoms with van der Waals surface area (Å²) >= 11 is 0. The van der Waals surface area contributed by atoms with Crippen LogP contribution in [0.1, 0.15) is 43.7 Å². The number of hydrogen-bond acceptors (Lipinski definition) is 3. The molecule has 1 fully saturated rings. The van der Waals surface area contributed by atoms with Crippen LogP contribution in [0.2, 0.25) is 0 Å². The second-order valence-corrected chi connectivity index (χ2v) is 5.94. The third kappa shape index (κ3) is 4.44. The first-order valence-corrected chi connectivity index (χ1v) is 8.12. The molecule has 1 aliphatic carbocycles. The summed E-state index contributed by atoms with van der Waals surface area (Å²) in [7, 11) is 1.77. The van der Waals surface area contributed by atoms with Crippen LogP contribution in [0.3, 0.4) is 0 Å². The predicted octanol–water partition coefficient (Wildman–Crippen LogP) is 4.15. The fourth-order valence-electron chi connectivity index (χ4n) is 2.95. The number of aryl methyl sites for hydroxylation is 1. The number of ether oxygens (including phenoxy) is 2. The molecule has 0 aromatic heterocycles. The van der Waals surface area contributed by atoms with Gasteiger partial charge in [-0.25, -0.2) is 4.79 Å². The predicted molar refractivity (Wildman–Crippen MR) is 88.5 cm³/mol. The van der Waals surface area contributed by atoms with Gasteiger partial charge in [-0.1, -0.05) is 35.9 Å². The van der Waals surface area contributed by atoms with Crippen molar-refractivity contribution in [3.63, 3.8) is 0 Å². The molecule has 0 radical (unpaired) electrons. The fourth-order valence-corrected chi connectivity index (χ4v) is 2.95. The maximum atomic E-state index is 12.3. The smallest absolute Gasteiger partial charge is 0.338 e. The highest BCUT2D eigenvalue weighted by Crippen LogP contribution is 2.30. The SMILES string of the molecule is CCOC(=O)C(=CC1CCC(OC)CC1)c1ccc(C)cc1. The van der Waals surface area contributed by atoms with E-state index in [2.05, 4.69) is 6.08 Å². The van der Waals surface area contributed by atoms with Gasteiger partial charge in [0, 0.05) is 7.11 Å². The van der Waals surface area contributed by atoms with E-state index >= 15 is 0 Å². The van der Waals surface area contributed by atoms with Gasteiger partial charge < -0.3 is 9.47 Å². The lowest BCUT2D eigenvalue weighted by Crippen LogP contribution is -2.20. The van der Waals surface area contributed by atoms with E-state index in [-0.39, 0.29) is 5.97 Å². The largest absolute Gasteiger partial charge is 0.462 e. The maximum Gasteiger partial charge on any atom is 0.338 e. The van der Waals surface area contributed by atoms with Crippen molar-refractivity contribution in [3.05, 3.63) is 41.5 Å². The summed E-state index contributed by atoms with van der Waals surface area (Å²) in [4.78, 5) is 12.3. The van der Waals surface area contributed by atoms with Crippen LogP contribution in [0.15, 0.2) is 30.3 Å². The van der Waals surface area contributed by atoms with E-state index in [1.54, 1.807) is 7.11 Å². The van der Waals surface area contributed by atoms with Crippen LogP contribution < -0.4 is 0 Å². The van der Waals surface area contributed by atoms with Crippen molar-refractivity contribution in [1.29, 1.82) is 0 Å². The van der Waals surface area contributed by atoms with Gasteiger partial charge in [0.15, 0.2) is 0 Å². The zero-order valence-electron chi connectivity index (χ0n) is 13.8. The van der Waals surface area contributed by atoms with Gasteiger partial charge in [0.2, 0.25) is 0 Å². The minimum Gasteiger partial charge on any atom is -0.462 e. The monoisotopic (exact) mass is 302 g/mol. The Hall–Kier alpha value is -1.61. The van der Waals surface area contributed by atoms with E-state index < -0.39 is 0 Å². The number of allylic oxidation sites excluding steroid dienone is 1. The van der Waals surface area contributed by atoms with E-state index in [9.17, 15) is 4.79 Å². The standard InChI is InChI=1S/C19H26O3/c1-4-22-19(20)18(16-9-5-14(2)6-10-16)13-15-7-11-17(21-3)12-8-15/h5-6,9-10,13,15,17H,4,7-8,11-12H2,1-3H3. The molecule has 0 spiro atoms. The van der Waals surface area contributed by atoms with Crippen molar-refractivity contribution in [2.24, 2.45) is 5.92 Å². The summed E-state index contributed by atoms with van der Waals surface area (Å²) in [6, 6.07) is 8.06. The molecule has 1 aromatic carbocycles. The maximum absolute atomic E-state index is 12.3. The van der Waals surface area contributed by atoms with Crippen LogP contribution in [-0.2, 0) is 14.3 Å². The fraction of sp³-hybridized carbons (Fsp3) is 0.526. The molecule has 0 N–H and O–H groups in total. The topological polar surface area (TPSA) is 35.5 Å². The Morgan fingerprint density at radius 2 is 1.82 bits per heavy atom. The van der Waals surface area contributed by atoms with Crippen molar-refractivity contribution in [1.82, 2.24) is 0 Å². The third-order valence-electron chi connectivity index (χ3n) is 4.31. The normalized spacial score (nSPS) is 22.4. The molecular formula is C19H26O3. The average molecular weight is 302 g/mol. The number of esters is 1. The zero-order chi connectivity index (χ0) is 15.9. The van der Waals surface area contributed by atoms with Crippen molar-refractivity contribution >= 4 is 11.5 Å². The summed E-state index contributed by atoms with van der Waals surface area (Å²) in [5.41, 5.74) is 2.83. The van der Waals surface area contributed by atoms with Gasteiger partial charge in [0.1, 0.15) is 0 Å². The quantitative estimate of drug-likeness (QED) is 0.605. The number of hydrogen-bond donors (Lipinski definition) is 0. The summed E-state index contributed by atoms with van der Waals surface area (Å²) < 4.78 is 10.7. The first-order valence-electron chi connectivity index (χ1n) is 8.12. The summed E-state index contributed by atoms with van der Waals surface area (Å²) in [5.74, 6) is 0.201. The first kappa shape index (κ1) is 16.8. The van der Waals surface area contributed by atoms with Crippen LogP contribution in [0.25, 0.3) is 5.57 Å². The Kier molecular flexibility index (Phi) is 6.20. The second kappa shape index (κ2) is 8.14. The lowest BCUT2D eigenvalue weighted by atomic mass is 9.85. The summed E-state index contributed by atoms with van der Waals surface area (Å²) in [6.45, 7) is 4.29. The number of methoxy groups -OCH3 is 1. The molecule has 1 aliphatic rings. The molecular weight excluding hydrogens is 276 g/mol. The number of benzene rings is 1. The van der Waals surface area contributed by atoms with Gasteiger partial charge in [-0.2, -0.15) is 0 Å². The highest BCUT2D eigenvalue weighted by Gasteiger charge is 2.22. The molecule has 0 amide bonds. The van der Waals surface area contributed by atoms with Crippen LogP contribution in [0, 0.1) is 12.8 Å². The molecule has 1 saturated carbocycles. The Balaban J connectivity index is 2.19. The number of rotatable bonds is 5. The van der Waals surface area contributed by atoms with E-state index in [1.807, 2.05) is 38.1 Å². The van der Waals surface area contributed by atoms with E-state index in [1.165, 1.54) is 5.56 Å². The van der Waals surface area contributed by atoms with Crippen molar-refractivity contribution in [2.75, 3.05) is 13.7 Å². The molecule has 0 unspecified atom stereocenters. The van der Waals surface area contributed by atoms with Crippen LogP contribution in [0.5, 0.6) is 0 Å². The lowest BCUT2D eigenvalue weighted by Gasteiger charge is -2.26. The highest BCUT2D eigenvalue weighted by molar-refractivity contribution is 6.16. The molecule has 3 heteroatoms. The van der Waals surface area contributed by atoms with Gasteiger partial charge in [0.25, 0.3) is 0 Å². The Morgan fingerprint density at radius 1 is 1.18 bits per heavy atom. The molecule has 0 bridgehead atoms. The molecule has 0 saturated heterocycles. The van der Waals surface area contributed by atoms with E-state index in [0.29, 0.717) is 24.2 Å². The second-order valence-electron chi connectivity index (χ2n) is 5.94. The van der Waals surface area contributed by atoms with Crippen LogP contribution in [0.4, 0.5) is 0 Å². The van der Waals surface area contributed by atoms with Crippen molar-refractivity contribution < 1.29 is 14.3 Å². The van der Waals surface area contributed by atoms with Gasteiger partial charge >= 0.3 is 5.97 Å². The van der Waals surface area contributed by atoms with Gasteiger partial charge in [-0.15, -0.1) is 0 Å². The summed E-state index contributed by atoms with van der Waals surface area (Å²) in [5, 5.41) is 0. The van der Waals surface area contributed by atoms with Gasteiger partial charge in [-0.3, -0.25) is 0 Å². The van der Waals surface area contributed by atoms with E-state index in [0.717, 1.165) is 31.2 Å². The van der Waals surface area contributed by atoms with Crippen LogP contribution in [-0.4, -0.2) is 25.8 Å². The minimum absolute atomic E-state index is 0.222. The highest BCUT2D eigenvalue weighted by atomic mass is 16.5. The number of carbonyl (C=O) groups is 1. The number of carbonyl (C=O) groups excluding carboxylic acids is 1. The molecule has 120 valence electrons. The lowest BCUT2D eigenvalue weighted by molar-refractivity contribution is -0.136. The summed E-state index contributed by atoms with van der Waals surface area (Å²) in [6.07, 6.45) is 6.72. The Labute approximate surface area is 133 Å². The van der Waals surface area contributed by atoms with Gasteiger partial charge in [0.05, 0.1) is 18.3 Å². The molecule has 1 aromatic rings.